The standard InChI is InChI=1S/2C2H5NO2.CH2O3.Na/c2*3-1-2(4)5;2-1(3)4;/h2*1,3H2,(H,4,5);(H2,2,3,4);/q;;;+1/p-1. The van der Waals surface area contributed by atoms with Gasteiger partial charge < -0.3 is 36.7 Å². The van der Waals surface area contributed by atoms with Gasteiger partial charge in [0.05, 0.1) is 12.5 Å². The van der Waals surface area contributed by atoms with Crippen LogP contribution in [0.15, 0.2) is 0 Å². The molecule has 0 unspecified atom stereocenters. The molecule has 84 valence electrons. The van der Waals surface area contributed by atoms with Crippen LogP contribution in [0.4, 0.5) is 4.79 Å². The Morgan fingerprint density at radius 3 is 1.13 bits per heavy atom. The van der Waals surface area contributed by atoms with E-state index in [9.17, 15) is 4.79 Å². The van der Waals surface area contributed by atoms with E-state index in [0.717, 1.165) is 0 Å². The van der Waals surface area contributed by atoms with E-state index in [4.69, 9.17) is 30.0 Å². The minimum atomic E-state index is -1.83. The third-order valence-corrected chi connectivity index (χ3v) is 0.341. The van der Waals surface area contributed by atoms with Crippen LogP contribution < -0.4 is 46.1 Å². The summed E-state index contributed by atoms with van der Waals surface area (Å²) in [5, 5.41) is 30.7. The summed E-state index contributed by atoms with van der Waals surface area (Å²) in [5.74, 6) is -2.19. The number of nitrogens with two attached hydrogens (primary N) is 2. The van der Waals surface area contributed by atoms with E-state index in [0.29, 0.717) is 0 Å². The number of carbonyl (C=O) groups is 3. The zero-order valence-electron chi connectivity index (χ0n) is 8.04. The van der Waals surface area contributed by atoms with Crippen LogP contribution in [0, 0.1) is 0 Å². The first-order valence-corrected chi connectivity index (χ1v) is 3.01. The number of carbonyl (C=O) groups excluding carboxylic acids is 1. The summed E-state index contributed by atoms with van der Waals surface area (Å²) in [6.07, 6.45) is -1.83. The van der Waals surface area contributed by atoms with Gasteiger partial charge in [0.25, 0.3) is 0 Å². The minimum Gasteiger partial charge on any atom is -0.549 e. The third kappa shape index (κ3) is 166. The van der Waals surface area contributed by atoms with Crippen molar-refractivity contribution in [1.29, 1.82) is 0 Å². The van der Waals surface area contributed by atoms with Gasteiger partial charge in [-0.05, 0) is 0 Å². The van der Waals surface area contributed by atoms with E-state index >= 15 is 0 Å². The van der Waals surface area contributed by atoms with Crippen molar-refractivity contribution in [3.05, 3.63) is 0 Å². The second-order valence-corrected chi connectivity index (χ2v) is 1.46. The van der Waals surface area contributed by atoms with Crippen LogP contribution in [0.25, 0.3) is 0 Å². The average molecular weight is 234 g/mol. The number of rotatable bonds is 2. The van der Waals surface area contributed by atoms with E-state index in [1.54, 1.807) is 0 Å². The Balaban J connectivity index is -0.0000000590. The minimum absolute atomic E-state index is 0. The van der Waals surface area contributed by atoms with Gasteiger partial charge in [-0.15, -0.1) is 0 Å². The number of hydrogen-bond acceptors (Lipinski definition) is 6. The van der Waals surface area contributed by atoms with Crippen LogP contribution >= 0.6 is 0 Å². The predicted molar refractivity (Wildman–Crippen MR) is 41.4 cm³/mol. The molecule has 7 N–H and O–H groups in total. The Hall–Kier alpha value is -0.870. The van der Waals surface area contributed by atoms with Gasteiger partial charge in [-0.1, -0.05) is 0 Å². The molecule has 0 aliphatic carbocycles. The molecular formula is C5H11N2NaO7. The van der Waals surface area contributed by atoms with E-state index in [1.165, 1.54) is 0 Å². The summed E-state index contributed by atoms with van der Waals surface area (Å²) in [4.78, 5) is 26.9. The van der Waals surface area contributed by atoms with Crippen LogP contribution in [-0.4, -0.2) is 46.5 Å². The summed E-state index contributed by atoms with van der Waals surface area (Å²) in [6.45, 7) is -0.667. The Morgan fingerprint density at radius 1 is 1.00 bits per heavy atom. The molecule has 0 aliphatic heterocycles. The molecule has 0 bridgehead atoms. The molecular weight excluding hydrogens is 223 g/mol. The number of carboxylic acid groups (broad SMARTS) is 4. The molecule has 0 saturated heterocycles. The van der Waals surface area contributed by atoms with Crippen molar-refractivity contribution in [3.63, 3.8) is 0 Å². The Morgan fingerprint density at radius 2 is 1.13 bits per heavy atom. The van der Waals surface area contributed by atoms with Crippen LogP contribution in [0.3, 0.4) is 0 Å². The molecule has 0 atom stereocenters. The van der Waals surface area contributed by atoms with Crippen molar-refractivity contribution < 1.29 is 64.4 Å². The molecule has 0 aliphatic rings. The molecule has 10 heteroatoms. The average Bonchev–Trinajstić information content (AvgIpc) is 2.04. The molecule has 0 spiro atoms. The van der Waals surface area contributed by atoms with Gasteiger partial charge in [-0.3, -0.25) is 4.79 Å². The summed E-state index contributed by atoms with van der Waals surface area (Å²) in [7, 11) is 0. The van der Waals surface area contributed by atoms with E-state index in [1.807, 2.05) is 0 Å². The summed E-state index contributed by atoms with van der Waals surface area (Å²) in [5.41, 5.74) is 9.08. The molecule has 0 aromatic carbocycles. The maximum absolute atomic E-state index is 9.24. The Kier molecular flexibility index (Phi) is 29.8. The molecule has 0 saturated carbocycles. The third-order valence-electron chi connectivity index (χ3n) is 0.341. The van der Waals surface area contributed by atoms with Crippen LogP contribution in [-0.2, 0) is 9.59 Å². The molecule has 0 aromatic heterocycles. The molecule has 0 radical (unpaired) electrons. The Labute approximate surface area is 107 Å². The summed E-state index contributed by atoms with van der Waals surface area (Å²) < 4.78 is 0. The van der Waals surface area contributed by atoms with Gasteiger partial charge in [0, 0.05) is 6.54 Å². The SMILES string of the molecule is NCC(=O)O.NCC(=O)[O-].O=C(O)O.[Na+]. The zero-order valence-corrected chi connectivity index (χ0v) is 10.0. The molecule has 0 fully saturated rings. The predicted octanol–water partition coefficient (Wildman–Crippen LogP) is -6.05. The van der Waals surface area contributed by atoms with E-state index < -0.39 is 18.1 Å². The normalized spacial score (nSPS) is 6.53. The molecule has 0 heterocycles. The van der Waals surface area contributed by atoms with E-state index in [2.05, 4.69) is 11.5 Å². The monoisotopic (exact) mass is 234 g/mol. The quantitative estimate of drug-likeness (QED) is 0.289. The molecule has 15 heavy (non-hydrogen) atoms. The fourth-order valence-corrected chi connectivity index (χ4v) is 0. The van der Waals surface area contributed by atoms with Gasteiger partial charge in [0.2, 0.25) is 0 Å². The number of aliphatic carboxylic acids is 2. The summed E-state index contributed by atoms with van der Waals surface area (Å²) in [6, 6.07) is 0. The van der Waals surface area contributed by atoms with Crippen molar-refractivity contribution >= 4 is 18.1 Å². The maximum Gasteiger partial charge on any atom is 1.00 e. The van der Waals surface area contributed by atoms with Crippen molar-refractivity contribution in [2.45, 2.75) is 0 Å². The van der Waals surface area contributed by atoms with Gasteiger partial charge in [-0.25, -0.2) is 4.79 Å². The molecule has 9 nitrogen and oxygen atoms in total. The maximum atomic E-state index is 9.24. The molecule has 0 rings (SSSR count). The first-order chi connectivity index (χ1) is 6.27. The topological polar surface area (TPSA) is 187 Å². The van der Waals surface area contributed by atoms with Gasteiger partial charge in [0.15, 0.2) is 0 Å². The summed E-state index contributed by atoms with van der Waals surface area (Å²) >= 11 is 0. The molecule has 0 amide bonds. The van der Waals surface area contributed by atoms with Gasteiger partial charge in [0.1, 0.15) is 0 Å². The van der Waals surface area contributed by atoms with Crippen molar-refractivity contribution in [2.24, 2.45) is 11.5 Å². The van der Waals surface area contributed by atoms with Crippen LogP contribution in [0.2, 0.25) is 0 Å². The smallest absolute Gasteiger partial charge is 0.549 e. The van der Waals surface area contributed by atoms with Gasteiger partial charge in [-0.2, -0.15) is 0 Å². The van der Waals surface area contributed by atoms with Crippen LogP contribution in [0.5, 0.6) is 0 Å². The van der Waals surface area contributed by atoms with Gasteiger partial charge >= 0.3 is 41.7 Å². The first kappa shape index (κ1) is 23.7. The second kappa shape index (κ2) is 18.8. The largest absolute Gasteiger partial charge is 1.00 e. The van der Waals surface area contributed by atoms with E-state index in [-0.39, 0.29) is 42.6 Å². The number of carboxylic acids is 2. The Bertz CT molecular complexity index is 168. The number of hydrogen-bond donors (Lipinski definition) is 5. The van der Waals surface area contributed by atoms with Crippen LogP contribution in [0.1, 0.15) is 0 Å². The zero-order chi connectivity index (χ0) is 12.1. The van der Waals surface area contributed by atoms with Crippen molar-refractivity contribution in [1.82, 2.24) is 0 Å². The fourth-order valence-electron chi connectivity index (χ4n) is 0. The fraction of sp³-hybridized carbons (Fsp3) is 0.400. The van der Waals surface area contributed by atoms with Crippen molar-refractivity contribution in [2.75, 3.05) is 13.1 Å². The second-order valence-electron chi connectivity index (χ2n) is 1.46. The van der Waals surface area contributed by atoms with Crippen molar-refractivity contribution in [3.8, 4) is 0 Å². The molecule has 0 aromatic rings. The first-order valence-electron chi connectivity index (χ1n) is 3.01.